The Morgan fingerprint density at radius 3 is 2.68 bits per heavy atom. The summed E-state index contributed by atoms with van der Waals surface area (Å²) in [4.78, 5) is 14.9. The molecule has 7 heteroatoms. The van der Waals surface area contributed by atoms with Crippen LogP contribution in [0.3, 0.4) is 0 Å². The van der Waals surface area contributed by atoms with Crippen molar-refractivity contribution >= 4 is 45.1 Å². The van der Waals surface area contributed by atoms with Crippen molar-refractivity contribution in [3.05, 3.63) is 50.5 Å². The fourth-order valence-electron chi connectivity index (χ4n) is 1.31. The number of aromatic carboxylic acids is 1. The van der Waals surface area contributed by atoms with Crippen molar-refractivity contribution in [2.45, 2.75) is 0 Å². The average Bonchev–Trinajstić information content (AvgIpc) is 2.34. The number of ether oxygens (including phenoxy) is 1. The van der Waals surface area contributed by atoms with Crippen molar-refractivity contribution in [2.75, 3.05) is 0 Å². The smallest absolute Gasteiger partial charge is 0.337 e. The topological polar surface area (TPSA) is 59.4 Å². The zero-order valence-corrected chi connectivity index (χ0v) is 12.3. The molecule has 0 radical (unpaired) electrons. The quantitative estimate of drug-likeness (QED) is 0.863. The molecule has 0 spiro atoms. The van der Waals surface area contributed by atoms with E-state index in [2.05, 4.69) is 20.9 Å². The molecule has 0 saturated heterocycles. The summed E-state index contributed by atoms with van der Waals surface area (Å²) in [5, 5.41) is 9.55. The van der Waals surface area contributed by atoms with Gasteiger partial charge < -0.3 is 9.84 Å². The molecule has 98 valence electrons. The molecule has 19 heavy (non-hydrogen) atoms. The second kappa shape index (κ2) is 5.77. The van der Waals surface area contributed by atoms with Gasteiger partial charge in [0, 0.05) is 11.1 Å². The maximum atomic E-state index is 10.9. The first-order chi connectivity index (χ1) is 8.97. The highest BCUT2D eigenvalue weighted by molar-refractivity contribution is 9.10. The standard InChI is InChI=1S/C12H6BrCl2NO3/c13-8-3-6(14)1-2-10(8)19-11-4-7(12(17)18)9(15)5-16-11/h1-5H,(H,17,18). The molecule has 4 nitrogen and oxygen atoms in total. The van der Waals surface area contributed by atoms with Gasteiger partial charge in [-0.25, -0.2) is 9.78 Å². The molecule has 0 aliphatic carbocycles. The molecule has 0 atom stereocenters. The van der Waals surface area contributed by atoms with Gasteiger partial charge in [-0.3, -0.25) is 0 Å². The highest BCUT2D eigenvalue weighted by atomic mass is 79.9. The van der Waals surface area contributed by atoms with E-state index >= 15 is 0 Å². The summed E-state index contributed by atoms with van der Waals surface area (Å²) in [5.74, 6) is -0.548. The van der Waals surface area contributed by atoms with Crippen LogP contribution in [0.1, 0.15) is 10.4 Å². The molecule has 0 saturated carbocycles. The van der Waals surface area contributed by atoms with Gasteiger partial charge in [0.1, 0.15) is 5.75 Å². The van der Waals surface area contributed by atoms with Gasteiger partial charge in [-0.15, -0.1) is 0 Å². The predicted molar refractivity (Wildman–Crippen MR) is 75.4 cm³/mol. The molecule has 1 N–H and O–H groups in total. The van der Waals surface area contributed by atoms with Crippen molar-refractivity contribution in [3.63, 3.8) is 0 Å². The van der Waals surface area contributed by atoms with E-state index in [4.69, 9.17) is 33.0 Å². The molecular weight excluding hydrogens is 357 g/mol. The zero-order chi connectivity index (χ0) is 14.0. The third kappa shape index (κ3) is 3.37. The molecule has 0 aliphatic rings. The van der Waals surface area contributed by atoms with Gasteiger partial charge >= 0.3 is 5.97 Å². The summed E-state index contributed by atoms with van der Waals surface area (Å²) in [6.45, 7) is 0. The van der Waals surface area contributed by atoms with E-state index in [0.717, 1.165) is 0 Å². The summed E-state index contributed by atoms with van der Waals surface area (Å²) in [6.07, 6.45) is 1.23. The largest absolute Gasteiger partial charge is 0.478 e. The third-order valence-electron chi connectivity index (χ3n) is 2.17. The van der Waals surface area contributed by atoms with E-state index in [1.165, 1.54) is 12.3 Å². The minimum absolute atomic E-state index is 0.0509. The van der Waals surface area contributed by atoms with Crippen molar-refractivity contribution in [1.29, 1.82) is 0 Å². The van der Waals surface area contributed by atoms with Crippen molar-refractivity contribution in [3.8, 4) is 11.6 Å². The minimum Gasteiger partial charge on any atom is -0.478 e. The summed E-state index contributed by atoms with van der Waals surface area (Å²) < 4.78 is 6.10. The molecule has 1 heterocycles. The van der Waals surface area contributed by atoms with E-state index in [1.54, 1.807) is 18.2 Å². The van der Waals surface area contributed by atoms with Gasteiger partial charge in [-0.1, -0.05) is 23.2 Å². The van der Waals surface area contributed by atoms with Crippen LogP contribution in [-0.2, 0) is 0 Å². The van der Waals surface area contributed by atoms with Crippen LogP contribution >= 0.6 is 39.1 Å². The Balaban J connectivity index is 2.33. The van der Waals surface area contributed by atoms with E-state index in [1.807, 2.05) is 0 Å². The van der Waals surface area contributed by atoms with Crippen molar-refractivity contribution in [2.24, 2.45) is 0 Å². The molecule has 2 rings (SSSR count). The molecule has 1 aromatic heterocycles. The van der Waals surface area contributed by atoms with E-state index in [0.29, 0.717) is 15.2 Å². The SMILES string of the molecule is O=C(O)c1cc(Oc2ccc(Cl)cc2Br)ncc1Cl. The Kier molecular flexibility index (Phi) is 4.29. The van der Waals surface area contributed by atoms with Crippen molar-refractivity contribution in [1.82, 2.24) is 4.98 Å². The maximum Gasteiger partial charge on any atom is 0.337 e. The summed E-state index contributed by atoms with van der Waals surface area (Å²) in [5.41, 5.74) is -0.0725. The number of halogens is 3. The molecule has 0 unspecified atom stereocenters. The lowest BCUT2D eigenvalue weighted by atomic mass is 10.2. The molecule has 0 bridgehead atoms. The molecule has 1 aromatic carbocycles. The van der Waals surface area contributed by atoms with Gasteiger partial charge in [-0.05, 0) is 34.1 Å². The summed E-state index contributed by atoms with van der Waals surface area (Å²) in [6, 6.07) is 6.20. The Bertz CT molecular complexity index is 649. The van der Waals surface area contributed by atoms with E-state index in [-0.39, 0.29) is 16.5 Å². The second-order valence-electron chi connectivity index (χ2n) is 3.48. The van der Waals surface area contributed by atoms with Crippen LogP contribution in [-0.4, -0.2) is 16.1 Å². The van der Waals surface area contributed by atoms with E-state index in [9.17, 15) is 4.79 Å². The fourth-order valence-corrected chi connectivity index (χ4v) is 2.26. The minimum atomic E-state index is -1.15. The number of nitrogens with zero attached hydrogens (tertiary/aromatic N) is 1. The number of rotatable bonds is 3. The lowest BCUT2D eigenvalue weighted by Crippen LogP contribution is -1.99. The van der Waals surface area contributed by atoms with Crippen LogP contribution < -0.4 is 4.74 Å². The second-order valence-corrected chi connectivity index (χ2v) is 5.18. The third-order valence-corrected chi connectivity index (χ3v) is 3.33. The summed E-state index contributed by atoms with van der Waals surface area (Å²) >= 11 is 14.8. The maximum absolute atomic E-state index is 10.9. The lowest BCUT2D eigenvalue weighted by molar-refractivity contribution is 0.0696. The molecular formula is C12H6BrCl2NO3. The molecule has 2 aromatic rings. The van der Waals surface area contributed by atoms with Crippen LogP contribution in [0.4, 0.5) is 0 Å². The van der Waals surface area contributed by atoms with Crippen LogP contribution in [0, 0.1) is 0 Å². The Morgan fingerprint density at radius 2 is 2.05 bits per heavy atom. The van der Waals surface area contributed by atoms with Crippen LogP contribution in [0.5, 0.6) is 11.6 Å². The highest BCUT2D eigenvalue weighted by Crippen LogP contribution is 2.32. The molecule has 0 amide bonds. The first-order valence-corrected chi connectivity index (χ1v) is 6.54. The number of hydrogen-bond acceptors (Lipinski definition) is 3. The lowest BCUT2D eigenvalue weighted by Gasteiger charge is -2.08. The first kappa shape index (κ1) is 14.1. The number of carboxylic acids is 1. The first-order valence-electron chi connectivity index (χ1n) is 4.99. The van der Waals surface area contributed by atoms with Crippen LogP contribution in [0.25, 0.3) is 0 Å². The molecule has 0 fully saturated rings. The van der Waals surface area contributed by atoms with Crippen LogP contribution in [0.2, 0.25) is 10.0 Å². The van der Waals surface area contributed by atoms with E-state index < -0.39 is 5.97 Å². The Labute approximate surface area is 127 Å². The Hall–Kier alpha value is -1.30. The van der Waals surface area contributed by atoms with Gasteiger partial charge in [0.05, 0.1) is 21.3 Å². The van der Waals surface area contributed by atoms with Gasteiger partial charge in [-0.2, -0.15) is 0 Å². The van der Waals surface area contributed by atoms with Gasteiger partial charge in [0.15, 0.2) is 0 Å². The monoisotopic (exact) mass is 361 g/mol. The predicted octanol–water partition coefficient (Wildman–Crippen LogP) is 4.64. The number of carbonyl (C=O) groups is 1. The zero-order valence-electron chi connectivity index (χ0n) is 9.23. The van der Waals surface area contributed by atoms with Gasteiger partial charge in [0.2, 0.25) is 5.88 Å². The van der Waals surface area contributed by atoms with Gasteiger partial charge in [0.25, 0.3) is 0 Å². The fraction of sp³-hybridized carbons (Fsp3) is 0. The molecule has 0 aliphatic heterocycles. The number of carboxylic acid groups (broad SMARTS) is 1. The Morgan fingerprint density at radius 1 is 1.32 bits per heavy atom. The number of pyridine rings is 1. The highest BCUT2D eigenvalue weighted by Gasteiger charge is 2.12. The number of benzene rings is 1. The average molecular weight is 363 g/mol. The number of hydrogen-bond donors (Lipinski definition) is 1. The normalized spacial score (nSPS) is 10.3. The summed E-state index contributed by atoms with van der Waals surface area (Å²) in [7, 11) is 0. The number of aromatic nitrogens is 1. The van der Waals surface area contributed by atoms with Crippen molar-refractivity contribution < 1.29 is 14.6 Å². The van der Waals surface area contributed by atoms with Crippen LogP contribution in [0.15, 0.2) is 34.9 Å².